The van der Waals surface area contributed by atoms with E-state index in [1.54, 1.807) is 24.3 Å². The van der Waals surface area contributed by atoms with Gasteiger partial charge in [0.25, 0.3) is 17.7 Å². The van der Waals surface area contributed by atoms with Crippen molar-refractivity contribution in [2.45, 2.75) is 18.9 Å². The van der Waals surface area contributed by atoms with Gasteiger partial charge in [-0.15, -0.1) is 0 Å². The molecule has 1 atom stereocenters. The predicted molar refractivity (Wildman–Crippen MR) is 108 cm³/mol. The van der Waals surface area contributed by atoms with Crippen molar-refractivity contribution < 1.29 is 28.7 Å². The van der Waals surface area contributed by atoms with Crippen LogP contribution in [0.15, 0.2) is 42.5 Å². The van der Waals surface area contributed by atoms with Crippen molar-refractivity contribution >= 4 is 35.2 Å². The first-order chi connectivity index (χ1) is 15.4. The molecule has 160 valence electrons. The molecule has 1 unspecified atom stereocenters. The first kappa shape index (κ1) is 20.7. The summed E-state index contributed by atoms with van der Waals surface area (Å²) >= 11 is 0. The Bertz CT molecular complexity index is 1200. The normalized spacial score (nSPS) is 17.5. The fourth-order valence-corrected chi connectivity index (χ4v) is 3.52. The van der Waals surface area contributed by atoms with Gasteiger partial charge in [0, 0.05) is 12.1 Å². The number of carbonyl (C=O) groups is 5. The molecule has 10 heteroatoms. The summed E-state index contributed by atoms with van der Waals surface area (Å²) in [6, 6.07) is 11.4. The minimum atomic E-state index is -1.06. The van der Waals surface area contributed by atoms with Crippen molar-refractivity contribution in [3.8, 4) is 11.8 Å². The van der Waals surface area contributed by atoms with E-state index in [9.17, 15) is 24.0 Å². The lowest BCUT2D eigenvalue weighted by molar-refractivity contribution is -0.136. The monoisotopic (exact) mass is 432 g/mol. The van der Waals surface area contributed by atoms with Gasteiger partial charge in [-0.1, -0.05) is 0 Å². The van der Waals surface area contributed by atoms with Crippen molar-refractivity contribution in [1.29, 1.82) is 5.26 Å². The Morgan fingerprint density at radius 1 is 1.09 bits per heavy atom. The molecule has 0 radical (unpaired) electrons. The van der Waals surface area contributed by atoms with Gasteiger partial charge in [-0.3, -0.25) is 34.2 Å². The quantitative estimate of drug-likeness (QED) is 0.670. The maximum Gasteiger partial charge on any atom is 0.262 e. The van der Waals surface area contributed by atoms with Gasteiger partial charge in [0.1, 0.15) is 11.8 Å². The number of benzene rings is 2. The lowest BCUT2D eigenvalue weighted by atomic mass is 10.0. The van der Waals surface area contributed by atoms with Crippen LogP contribution in [0, 0.1) is 11.3 Å². The standard InChI is InChI=1S/C22H16N4O6/c23-10-12-1-4-14(5-2-12)32-11-19(28)24-13-3-6-15-16(9-13)22(31)26(21(15)30)17-7-8-18(27)25-20(17)29/h1-6,9,17H,7-8,11H2,(H,24,28)(H,25,27,29). The zero-order valence-electron chi connectivity index (χ0n) is 16.6. The number of piperidine rings is 1. The molecule has 2 aromatic carbocycles. The third-order valence-corrected chi connectivity index (χ3v) is 5.08. The van der Waals surface area contributed by atoms with Crippen molar-refractivity contribution in [2.24, 2.45) is 0 Å². The van der Waals surface area contributed by atoms with E-state index >= 15 is 0 Å². The van der Waals surface area contributed by atoms with E-state index in [0.29, 0.717) is 11.3 Å². The van der Waals surface area contributed by atoms with E-state index in [1.807, 2.05) is 6.07 Å². The SMILES string of the molecule is N#Cc1ccc(OCC(=O)Nc2ccc3c(c2)C(=O)N(C2CCC(=O)NC2=O)C3=O)cc1. The molecule has 5 amide bonds. The number of hydrogen-bond donors (Lipinski definition) is 2. The summed E-state index contributed by atoms with van der Waals surface area (Å²) in [7, 11) is 0. The summed E-state index contributed by atoms with van der Waals surface area (Å²) in [4.78, 5) is 62.0. The first-order valence-corrected chi connectivity index (χ1v) is 9.66. The molecule has 0 saturated carbocycles. The van der Waals surface area contributed by atoms with Crippen LogP contribution in [0.5, 0.6) is 5.75 Å². The molecular weight excluding hydrogens is 416 g/mol. The molecule has 2 heterocycles. The molecule has 10 nitrogen and oxygen atoms in total. The molecular formula is C22H16N4O6. The highest BCUT2D eigenvalue weighted by Crippen LogP contribution is 2.29. The van der Waals surface area contributed by atoms with Crippen molar-refractivity contribution in [1.82, 2.24) is 10.2 Å². The van der Waals surface area contributed by atoms with Gasteiger partial charge in [0.2, 0.25) is 11.8 Å². The molecule has 2 aliphatic heterocycles. The van der Waals surface area contributed by atoms with Crippen LogP contribution in [0.3, 0.4) is 0 Å². The van der Waals surface area contributed by atoms with Crippen molar-refractivity contribution in [2.75, 3.05) is 11.9 Å². The smallest absolute Gasteiger partial charge is 0.262 e. The fourth-order valence-electron chi connectivity index (χ4n) is 3.52. The number of rotatable bonds is 5. The molecule has 1 saturated heterocycles. The zero-order valence-corrected chi connectivity index (χ0v) is 16.6. The summed E-state index contributed by atoms with van der Waals surface area (Å²) in [5.41, 5.74) is 0.922. The second-order valence-corrected chi connectivity index (χ2v) is 7.18. The Hall–Kier alpha value is -4.52. The van der Waals surface area contributed by atoms with E-state index in [0.717, 1.165) is 4.90 Å². The average molecular weight is 432 g/mol. The van der Waals surface area contributed by atoms with E-state index in [1.165, 1.54) is 18.2 Å². The lowest BCUT2D eigenvalue weighted by Gasteiger charge is -2.27. The zero-order chi connectivity index (χ0) is 22.8. The summed E-state index contributed by atoms with van der Waals surface area (Å²) in [6.45, 7) is -0.307. The molecule has 0 aliphatic carbocycles. The van der Waals surface area contributed by atoms with Crippen LogP contribution in [-0.4, -0.2) is 47.1 Å². The predicted octanol–water partition coefficient (Wildman–Crippen LogP) is 0.977. The summed E-state index contributed by atoms with van der Waals surface area (Å²) in [5, 5.41) is 13.5. The largest absolute Gasteiger partial charge is 0.484 e. The van der Waals surface area contributed by atoms with E-state index < -0.39 is 35.6 Å². The Balaban J connectivity index is 1.43. The number of nitrogens with zero attached hydrogens (tertiary/aromatic N) is 2. The molecule has 0 spiro atoms. The summed E-state index contributed by atoms with van der Waals surface area (Å²) in [6.07, 6.45) is 0.0940. The van der Waals surface area contributed by atoms with Crippen LogP contribution < -0.4 is 15.4 Å². The highest BCUT2D eigenvalue weighted by Gasteiger charge is 2.44. The Morgan fingerprint density at radius 3 is 2.50 bits per heavy atom. The second kappa shape index (κ2) is 8.31. The van der Waals surface area contributed by atoms with Gasteiger partial charge in [-0.05, 0) is 48.9 Å². The molecule has 2 aliphatic rings. The summed E-state index contributed by atoms with van der Waals surface area (Å²) in [5.74, 6) is -2.51. The molecule has 4 rings (SSSR count). The van der Waals surface area contributed by atoms with Gasteiger partial charge in [-0.25, -0.2) is 0 Å². The molecule has 2 aromatic rings. The van der Waals surface area contributed by atoms with Gasteiger partial charge < -0.3 is 10.1 Å². The van der Waals surface area contributed by atoms with Crippen molar-refractivity contribution in [3.63, 3.8) is 0 Å². The number of ether oxygens (including phenoxy) is 1. The molecule has 0 aromatic heterocycles. The Morgan fingerprint density at radius 2 is 1.81 bits per heavy atom. The van der Waals surface area contributed by atoms with E-state index in [-0.39, 0.29) is 36.3 Å². The molecule has 1 fully saturated rings. The maximum atomic E-state index is 12.8. The maximum absolute atomic E-state index is 12.8. The highest BCUT2D eigenvalue weighted by molar-refractivity contribution is 6.23. The third-order valence-electron chi connectivity index (χ3n) is 5.08. The van der Waals surface area contributed by atoms with E-state index in [4.69, 9.17) is 10.00 Å². The number of hydrogen-bond acceptors (Lipinski definition) is 7. The van der Waals surface area contributed by atoms with Crippen LogP contribution in [-0.2, 0) is 14.4 Å². The van der Waals surface area contributed by atoms with Crippen LogP contribution >= 0.6 is 0 Å². The van der Waals surface area contributed by atoms with Gasteiger partial charge in [0.15, 0.2) is 6.61 Å². The number of amides is 5. The minimum absolute atomic E-state index is 0.0321. The summed E-state index contributed by atoms with van der Waals surface area (Å²) < 4.78 is 5.36. The molecule has 32 heavy (non-hydrogen) atoms. The van der Waals surface area contributed by atoms with Crippen LogP contribution in [0.1, 0.15) is 39.1 Å². The number of nitriles is 1. The second-order valence-electron chi connectivity index (χ2n) is 7.18. The number of nitrogens with one attached hydrogen (secondary N) is 2. The molecule has 2 N–H and O–H groups in total. The molecule has 0 bridgehead atoms. The number of imide groups is 2. The lowest BCUT2D eigenvalue weighted by Crippen LogP contribution is -2.54. The average Bonchev–Trinajstić information content (AvgIpc) is 3.02. The number of fused-ring (bicyclic) bond motifs is 1. The van der Waals surface area contributed by atoms with Crippen LogP contribution in [0.4, 0.5) is 5.69 Å². The highest BCUT2D eigenvalue weighted by atomic mass is 16.5. The minimum Gasteiger partial charge on any atom is -0.484 e. The topological polar surface area (TPSA) is 146 Å². The Labute approximate surface area is 181 Å². The third kappa shape index (κ3) is 3.91. The van der Waals surface area contributed by atoms with Gasteiger partial charge in [0.05, 0.1) is 22.8 Å². The first-order valence-electron chi connectivity index (χ1n) is 9.66. The van der Waals surface area contributed by atoms with Gasteiger partial charge >= 0.3 is 0 Å². The number of carbonyl (C=O) groups excluding carboxylic acids is 5. The Kier molecular flexibility index (Phi) is 5.39. The van der Waals surface area contributed by atoms with E-state index in [2.05, 4.69) is 10.6 Å². The van der Waals surface area contributed by atoms with Crippen molar-refractivity contribution in [3.05, 3.63) is 59.2 Å². The van der Waals surface area contributed by atoms with Crippen LogP contribution in [0.2, 0.25) is 0 Å². The van der Waals surface area contributed by atoms with Gasteiger partial charge in [-0.2, -0.15) is 5.26 Å². The number of anilines is 1. The fraction of sp³-hybridized carbons (Fsp3) is 0.182. The van der Waals surface area contributed by atoms with Crippen LogP contribution in [0.25, 0.3) is 0 Å².